The van der Waals surface area contributed by atoms with Crippen molar-refractivity contribution in [2.45, 2.75) is 49.0 Å². The molecule has 0 spiro atoms. The van der Waals surface area contributed by atoms with Crippen LogP contribution in [0.2, 0.25) is 49.0 Å². The molecule has 0 aliphatic heterocycles. The van der Waals surface area contributed by atoms with Crippen LogP contribution in [0.1, 0.15) is 0 Å². The van der Waals surface area contributed by atoms with E-state index in [9.17, 15) is 0 Å². The van der Waals surface area contributed by atoms with E-state index in [4.69, 9.17) is 0 Å². The van der Waals surface area contributed by atoms with E-state index in [1.807, 2.05) is 0 Å². The van der Waals surface area contributed by atoms with Crippen LogP contribution in [0.25, 0.3) is 0 Å². The molecule has 0 bridgehead atoms. The zero-order chi connectivity index (χ0) is 13.1. The Kier molecular flexibility index (Phi) is 10.2. The number of hydrogen-bond acceptors (Lipinski definition) is 0. The van der Waals surface area contributed by atoms with E-state index in [1.54, 1.807) is 22.5 Å². The van der Waals surface area contributed by atoms with Gasteiger partial charge >= 0.3 is 138 Å². The standard InChI is InChI=1S/C7H19Se3Si3.CH3.Sn/c1-11(2,8)7(12(3,4)9)13(5,6)10;;/h7H,1-6H3;1H3;. The van der Waals surface area contributed by atoms with Crippen molar-refractivity contribution in [3.8, 4) is 0 Å². The second-order valence-electron chi connectivity index (χ2n) is 5.24. The molecule has 0 fully saturated rings. The summed E-state index contributed by atoms with van der Waals surface area (Å²) in [7, 11) is 0. The van der Waals surface area contributed by atoms with Gasteiger partial charge in [0.05, 0.1) is 0 Å². The first kappa shape index (κ1) is 20.3. The third-order valence-corrected chi connectivity index (χ3v) is 32.1. The van der Waals surface area contributed by atoms with Gasteiger partial charge in [-0.3, -0.25) is 0 Å². The summed E-state index contributed by atoms with van der Waals surface area (Å²) in [6, 6.07) is 0. The van der Waals surface area contributed by atoms with E-state index in [0.29, 0.717) is 0 Å². The van der Waals surface area contributed by atoms with E-state index in [1.165, 1.54) is 0 Å². The Morgan fingerprint density at radius 2 is 0.800 bits per heavy atom. The molecule has 0 aliphatic rings. The molecule has 0 atom stereocenters. The Morgan fingerprint density at radius 3 is 0.800 bits per heavy atom. The summed E-state index contributed by atoms with van der Waals surface area (Å²) in [5.41, 5.74) is 0. The maximum atomic E-state index is 3.50. The third kappa shape index (κ3) is 8.68. The molecule has 0 unspecified atom stereocenters. The molecule has 0 nitrogen and oxygen atoms in total. The molecular formula is C8H22Se3Si3Sn. The van der Waals surface area contributed by atoms with Crippen molar-refractivity contribution in [2.75, 3.05) is 0 Å². The summed E-state index contributed by atoms with van der Waals surface area (Å²) in [4.78, 5) is 3.07. The van der Waals surface area contributed by atoms with Gasteiger partial charge in [0.15, 0.2) is 0 Å². The topological polar surface area (TPSA) is 0 Å². The molecule has 0 N–H and O–H groups in total. The van der Waals surface area contributed by atoms with Gasteiger partial charge in [-0.2, -0.15) is 0 Å². The molecule has 0 saturated carbocycles. The minimum atomic E-state index is -1.12. The van der Waals surface area contributed by atoms with Crippen LogP contribution in [0.15, 0.2) is 0 Å². The van der Waals surface area contributed by atoms with Crippen LogP contribution in [-0.4, -0.2) is 88.7 Å². The molecule has 0 rings (SSSR count). The summed E-state index contributed by atoms with van der Waals surface area (Å²) in [6.45, 7) is 11.4. The van der Waals surface area contributed by atoms with Gasteiger partial charge in [-0.1, -0.05) is 0 Å². The average Bonchev–Trinajstić information content (AvgIpc) is 1.79. The summed E-state index contributed by atoms with van der Waals surface area (Å²) in [5, 5.41) is 0. The Hall–Kier alpha value is 3.01. The van der Waals surface area contributed by atoms with E-state index in [2.05, 4.69) is 90.3 Å². The third-order valence-electron chi connectivity index (χ3n) is 2.09. The first-order valence-corrected chi connectivity index (χ1v) is 24.5. The van der Waals surface area contributed by atoms with Crippen molar-refractivity contribution in [1.82, 2.24) is 0 Å². The van der Waals surface area contributed by atoms with Gasteiger partial charge in [0.25, 0.3) is 0 Å². The van der Waals surface area contributed by atoms with Crippen LogP contribution in [0.4, 0.5) is 0 Å². The van der Waals surface area contributed by atoms with Crippen molar-refractivity contribution in [3.63, 3.8) is 0 Å². The quantitative estimate of drug-likeness (QED) is 0.464. The Morgan fingerprint density at radius 1 is 0.667 bits per heavy atom. The second kappa shape index (κ2) is 7.56. The SMILES string of the molecule is C[Si](C)([Se])C([Si](C)(C)[Se])[Si](C)(C)[Se].[CH3][Sn]. The van der Waals surface area contributed by atoms with E-state index in [-0.39, 0.29) is 0 Å². The van der Waals surface area contributed by atoms with Gasteiger partial charge in [0.2, 0.25) is 0 Å². The predicted molar refractivity (Wildman–Crippen MR) is 85.1 cm³/mol. The zero-order valence-electron chi connectivity index (χ0n) is 10.8. The molecule has 15 heavy (non-hydrogen) atoms. The zero-order valence-corrected chi connectivity index (χ0v) is 21.8. The van der Waals surface area contributed by atoms with Crippen LogP contribution in [-0.2, 0) is 0 Å². The van der Waals surface area contributed by atoms with Crippen LogP contribution >= 0.6 is 0 Å². The van der Waals surface area contributed by atoms with Crippen LogP contribution in [0, 0.1) is 0 Å². The first-order chi connectivity index (χ1) is 6.37. The monoisotopic (exact) mass is 562 g/mol. The summed E-state index contributed by atoms with van der Waals surface area (Å²) >= 11 is 12.0. The first-order valence-electron chi connectivity index (χ1n) is 4.98. The van der Waals surface area contributed by atoms with Gasteiger partial charge in [-0.15, -0.1) is 0 Å². The molecule has 6 radical (unpaired) electrons. The molecule has 0 aromatic carbocycles. The fraction of sp³-hybridized carbons (Fsp3) is 1.00. The summed E-state index contributed by atoms with van der Waals surface area (Å²) < 4.78 is 0. The Balaban J connectivity index is 0. The van der Waals surface area contributed by atoms with Crippen molar-refractivity contribution in [3.05, 3.63) is 0 Å². The van der Waals surface area contributed by atoms with Crippen molar-refractivity contribution in [1.29, 1.82) is 0 Å². The number of hydrogen-bond donors (Lipinski definition) is 0. The average molecular weight is 558 g/mol. The molecule has 88 valence electrons. The van der Waals surface area contributed by atoms with Gasteiger partial charge in [-0.25, -0.2) is 0 Å². The van der Waals surface area contributed by atoms with Crippen molar-refractivity contribution in [2.24, 2.45) is 0 Å². The minimum absolute atomic E-state index is 0.979. The number of rotatable bonds is 3. The summed E-state index contributed by atoms with van der Waals surface area (Å²) in [6.07, 6.45) is 0. The van der Waals surface area contributed by atoms with Gasteiger partial charge in [-0.05, 0) is 0 Å². The predicted octanol–water partition coefficient (Wildman–Crippen LogP) is 1.76. The molecule has 0 aromatic heterocycles. The van der Waals surface area contributed by atoms with Crippen molar-refractivity contribution < 1.29 is 0 Å². The molecule has 0 saturated heterocycles. The van der Waals surface area contributed by atoms with E-state index >= 15 is 0 Å². The van der Waals surface area contributed by atoms with Gasteiger partial charge in [0, 0.05) is 0 Å². The van der Waals surface area contributed by atoms with Crippen LogP contribution in [0.3, 0.4) is 0 Å². The Bertz CT molecular complexity index is 148. The summed E-state index contributed by atoms with van der Waals surface area (Å²) in [5.74, 6) is 0. The molecule has 0 aliphatic carbocycles. The normalized spacial score (nSPS) is 13.6. The van der Waals surface area contributed by atoms with Crippen LogP contribution in [0.5, 0.6) is 0 Å². The van der Waals surface area contributed by atoms with Gasteiger partial charge in [0.1, 0.15) is 0 Å². The molecular weight excluding hydrogens is 536 g/mol. The molecule has 7 heteroatoms. The van der Waals surface area contributed by atoms with E-state index in [0.717, 1.165) is 4.79 Å². The Labute approximate surface area is 136 Å². The molecule has 0 heterocycles. The fourth-order valence-electron chi connectivity index (χ4n) is 2.51. The molecule has 0 aromatic rings. The van der Waals surface area contributed by atoms with Crippen LogP contribution < -0.4 is 0 Å². The van der Waals surface area contributed by atoms with E-state index < -0.39 is 20.0 Å². The molecule has 0 amide bonds. The van der Waals surface area contributed by atoms with Gasteiger partial charge < -0.3 is 0 Å². The fourth-order valence-corrected chi connectivity index (χ4v) is 66.2. The second-order valence-corrected chi connectivity index (χ2v) is 38.2. The maximum absolute atomic E-state index is 3.50. The van der Waals surface area contributed by atoms with Crippen molar-refractivity contribution >= 4 is 88.7 Å².